The number of nitrogens with one attached hydrogen (secondary N) is 2. The lowest BCUT2D eigenvalue weighted by molar-refractivity contribution is 0.218. The maximum Gasteiger partial charge on any atom is 0.205 e. The summed E-state index contributed by atoms with van der Waals surface area (Å²) in [6, 6.07) is 10.9. The molecule has 4 heterocycles. The topological polar surface area (TPSA) is 70.9 Å². The molecule has 0 amide bonds. The number of aromatic nitrogens is 4. The SMILES string of the molecule is Fc1ccc(Cn2c(NC3CCN(CCCNc4nccs4)CC3)nc3cccnc32)cc1. The number of benzene rings is 1. The molecule has 1 aliphatic heterocycles. The van der Waals surface area contributed by atoms with Crippen molar-refractivity contribution in [1.82, 2.24) is 24.4 Å². The molecule has 0 unspecified atom stereocenters. The first kappa shape index (κ1) is 21.8. The number of fused-ring (bicyclic) bond motifs is 1. The predicted octanol–water partition coefficient (Wildman–Crippen LogP) is 4.45. The molecule has 4 aromatic rings. The number of thiazole rings is 1. The first-order valence-corrected chi connectivity index (χ1v) is 12.3. The second-order valence-corrected chi connectivity index (χ2v) is 9.27. The third-order valence-corrected chi connectivity index (χ3v) is 6.77. The molecule has 33 heavy (non-hydrogen) atoms. The van der Waals surface area contributed by atoms with Crippen molar-refractivity contribution in [1.29, 1.82) is 0 Å². The zero-order chi connectivity index (χ0) is 22.5. The second-order valence-electron chi connectivity index (χ2n) is 8.37. The Hall–Kier alpha value is -3.04. The van der Waals surface area contributed by atoms with Crippen molar-refractivity contribution in [3.8, 4) is 0 Å². The minimum atomic E-state index is -0.226. The van der Waals surface area contributed by atoms with Crippen molar-refractivity contribution < 1.29 is 4.39 Å². The molecule has 9 heteroatoms. The van der Waals surface area contributed by atoms with Gasteiger partial charge in [-0.15, -0.1) is 11.3 Å². The Balaban J connectivity index is 1.18. The van der Waals surface area contributed by atoms with Gasteiger partial charge in [0.2, 0.25) is 5.95 Å². The molecule has 0 bridgehead atoms. The summed E-state index contributed by atoms with van der Waals surface area (Å²) in [6.45, 7) is 4.79. The van der Waals surface area contributed by atoms with E-state index in [9.17, 15) is 4.39 Å². The maximum absolute atomic E-state index is 13.3. The Bertz CT molecular complexity index is 1150. The summed E-state index contributed by atoms with van der Waals surface area (Å²) in [5, 5.41) is 10.0. The lowest BCUT2D eigenvalue weighted by Crippen LogP contribution is -2.40. The van der Waals surface area contributed by atoms with Crippen molar-refractivity contribution in [3.05, 3.63) is 65.6 Å². The van der Waals surface area contributed by atoms with Gasteiger partial charge in [0.25, 0.3) is 0 Å². The number of halogens is 1. The monoisotopic (exact) mass is 465 g/mol. The van der Waals surface area contributed by atoms with Gasteiger partial charge in [-0.25, -0.2) is 19.3 Å². The van der Waals surface area contributed by atoms with Gasteiger partial charge in [0.1, 0.15) is 11.3 Å². The Morgan fingerprint density at radius 2 is 1.91 bits per heavy atom. The average molecular weight is 466 g/mol. The molecule has 0 radical (unpaired) electrons. The van der Waals surface area contributed by atoms with Crippen LogP contribution in [0.15, 0.2) is 54.2 Å². The van der Waals surface area contributed by atoms with E-state index in [1.807, 2.05) is 35.8 Å². The molecule has 5 rings (SSSR count). The molecule has 172 valence electrons. The van der Waals surface area contributed by atoms with Crippen LogP contribution < -0.4 is 10.6 Å². The molecule has 0 spiro atoms. The molecule has 1 aliphatic rings. The molecular weight excluding hydrogens is 437 g/mol. The summed E-state index contributed by atoms with van der Waals surface area (Å²) >= 11 is 1.64. The van der Waals surface area contributed by atoms with Crippen LogP contribution in [-0.4, -0.2) is 56.6 Å². The van der Waals surface area contributed by atoms with Crippen LogP contribution in [0.3, 0.4) is 0 Å². The van der Waals surface area contributed by atoms with Gasteiger partial charge in [-0.05, 0) is 55.6 Å². The number of imidazole rings is 1. The van der Waals surface area contributed by atoms with Crippen LogP contribution in [0.5, 0.6) is 0 Å². The normalized spacial score (nSPS) is 15.2. The highest BCUT2D eigenvalue weighted by atomic mass is 32.1. The summed E-state index contributed by atoms with van der Waals surface area (Å²) in [4.78, 5) is 16.2. The largest absolute Gasteiger partial charge is 0.361 e. The molecule has 0 aliphatic carbocycles. The highest BCUT2D eigenvalue weighted by molar-refractivity contribution is 7.13. The molecule has 0 atom stereocenters. The number of hydrogen-bond donors (Lipinski definition) is 2. The predicted molar refractivity (Wildman–Crippen MR) is 131 cm³/mol. The maximum atomic E-state index is 13.3. The van der Waals surface area contributed by atoms with Crippen molar-refractivity contribution in [2.75, 3.05) is 36.8 Å². The van der Waals surface area contributed by atoms with Crippen LogP contribution in [0.2, 0.25) is 0 Å². The van der Waals surface area contributed by atoms with Crippen molar-refractivity contribution in [2.24, 2.45) is 0 Å². The van der Waals surface area contributed by atoms with E-state index >= 15 is 0 Å². The molecule has 1 saturated heterocycles. The summed E-state index contributed by atoms with van der Waals surface area (Å²) in [5.41, 5.74) is 2.73. The minimum absolute atomic E-state index is 0.226. The van der Waals surface area contributed by atoms with Crippen LogP contribution in [0.25, 0.3) is 11.2 Å². The fourth-order valence-corrected chi connectivity index (χ4v) is 4.84. The molecule has 1 aromatic carbocycles. The van der Waals surface area contributed by atoms with Crippen LogP contribution >= 0.6 is 11.3 Å². The zero-order valence-corrected chi connectivity index (χ0v) is 19.3. The third-order valence-electron chi connectivity index (χ3n) is 6.04. The lowest BCUT2D eigenvalue weighted by Gasteiger charge is -2.32. The molecule has 3 aromatic heterocycles. The fourth-order valence-electron chi connectivity index (χ4n) is 4.28. The number of nitrogens with zero attached hydrogens (tertiary/aromatic N) is 5. The number of piperidine rings is 1. The van der Waals surface area contributed by atoms with E-state index in [0.717, 1.165) is 73.2 Å². The van der Waals surface area contributed by atoms with Gasteiger partial charge in [-0.2, -0.15) is 0 Å². The molecule has 2 N–H and O–H groups in total. The highest BCUT2D eigenvalue weighted by Gasteiger charge is 2.21. The van der Waals surface area contributed by atoms with E-state index in [4.69, 9.17) is 4.98 Å². The number of hydrogen-bond acceptors (Lipinski definition) is 7. The molecule has 1 fully saturated rings. The van der Waals surface area contributed by atoms with Crippen LogP contribution in [0.1, 0.15) is 24.8 Å². The number of likely N-dealkylation sites (tertiary alicyclic amines) is 1. The number of anilines is 2. The van der Waals surface area contributed by atoms with Gasteiger partial charge in [-0.1, -0.05) is 12.1 Å². The first-order valence-electron chi connectivity index (χ1n) is 11.4. The number of pyridine rings is 1. The van der Waals surface area contributed by atoms with E-state index in [1.54, 1.807) is 17.5 Å². The minimum Gasteiger partial charge on any atom is -0.361 e. The standard InChI is InChI=1S/C24H28FN7S/c25-19-6-4-18(5-7-19)17-32-22-21(3-1-10-26-22)30-23(32)29-20-8-14-31(15-9-20)13-2-11-27-24-28-12-16-33-24/h1,3-7,10,12,16,20H,2,8-9,11,13-15,17H2,(H,27,28)(H,29,30). The van der Waals surface area contributed by atoms with Gasteiger partial charge in [0, 0.05) is 43.4 Å². The Kier molecular flexibility index (Phi) is 6.78. The number of rotatable bonds is 9. The van der Waals surface area contributed by atoms with Crippen molar-refractivity contribution >= 4 is 33.6 Å². The summed E-state index contributed by atoms with van der Waals surface area (Å²) in [6.07, 6.45) is 6.88. The Morgan fingerprint density at radius 3 is 2.70 bits per heavy atom. The van der Waals surface area contributed by atoms with Crippen LogP contribution in [-0.2, 0) is 6.54 Å². The van der Waals surface area contributed by atoms with E-state index in [2.05, 4.69) is 30.1 Å². The van der Waals surface area contributed by atoms with E-state index in [0.29, 0.717) is 12.6 Å². The van der Waals surface area contributed by atoms with E-state index in [-0.39, 0.29) is 5.82 Å². The summed E-state index contributed by atoms with van der Waals surface area (Å²) in [7, 11) is 0. The Morgan fingerprint density at radius 1 is 1.06 bits per heavy atom. The zero-order valence-electron chi connectivity index (χ0n) is 18.5. The summed E-state index contributed by atoms with van der Waals surface area (Å²) in [5.74, 6) is 0.607. The van der Waals surface area contributed by atoms with E-state index < -0.39 is 0 Å². The van der Waals surface area contributed by atoms with Gasteiger partial charge >= 0.3 is 0 Å². The quantitative estimate of drug-likeness (QED) is 0.356. The smallest absolute Gasteiger partial charge is 0.205 e. The highest BCUT2D eigenvalue weighted by Crippen LogP contribution is 2.23. The summed E-state index contributed by atoms with van der Waals surface area (Å²) < 4.78 is 15.4. The molecule has 7 nitrogen and oxygen atoms in total. The van der Waals surface area contributed by atoms with Crippen molar-refractivity contribution in [3.63, 3.8) is 0 Å². The molecular formula is C24H28FN7S. The average Bonchev–Trinajstić information content (AvgIpc) is 3.48. The Labute approximate surface area is 196 Å². The van der Waals surface area contributed by atoms with Gasteiger partial charge in [0.05, 0.1) is 6.54 Å². The first-order chi connectivity index (χ1) is 16.2. The van der Waals surface area contributed by atoms with Crippen LogP contribution in [0, 0.1) is 5.82 Å². The lowest BCUT2D eigenvalue weighted by atomic mass is 10.1. The van der Waals surface area contributed by atoms with Gasteiger partial charge in [-0.3, -0.25) is 4.57 Å². The second kappa shape index (κ2) is 10.3. The van der Waals surface area contributed by atoms with Gasteiger partial charge < -0.3 is 15.5 Å². The van der Waals surface area contributed by atoms with Crippen LogP contribution in [0.4, 0.5) is 15.5 Å². The van der Waals surface area contributed by atoms with Gasteiger partial charge in [0.15, 0.2) is 10.8 Å². The van der Waals surface area contributed by atoms with Crippen molar-refractivity contribution in [2.45, 2.75) is 31.8 Å². The fraction of sp³-hybridized carbons (Fsp3) is 0.375. The molecule has 0 saturated carbocycles. The third kappa shape index (κ3) is 5.48. The van der Waals surface area contributed by atoms with E-state index in [1.165, 1.54) is 12.1 Å².